The number of ether oxygens (including phenoxy) is 6. The summed E-state index contributed by atoms with van der Waals surface area (Å²) in [4.78, 5) is 13.6. The zero-order valence-corrected chi connectivity index (χ0v) is 42.7. The van der Waals surface area contributed by atoms with E-state index in [1.54, 1.807) is 58.5 Å². The van der Waals surface area contributed by atoms with Crippen molar-refractivity contribution in [2.75, 3.05) is 41.2 Å². The van der Waals surface area contributed by atoms with Crippen molar-refractivity contribution in [2.24, 2.45) is 0 Å². The van der Waals surface area contributed by atoms with Crippen LogP contribution < -0.4 is 28.4 Å². The molecule has 18 heteroatoms. The van der Waals surface area contributed by atoms with Crippen LogP contribution in [-0.2, 0) is 13.7 Å². The first-order chi connectivity index (χ1) is 34.9. The van der Waals surface area contributed by atoms with E-state index in [0.29, 0.717) is 71.0 Å². The minimum absolute atomic E-state index is 0.529. The second kappa shape index (κ2) is 25.5. The van der Waals surface area contributed by atoms with Gasteiger partial charge in [-0.05, 0) is 107 Å². The lowest BCUT2D eigenvalue weighted by molar-refractivity contribution is 0.109. The number of aromatic nitrogens is 3. The van der Waals surface area contributed by atoms with Gasteiger partial charge in [-0.2, -0.15) is 0 Å². The Labute approximate surface area is 424 Å². The Hall–Kier alpha value is -6.14. The number of methoxy groups -OCH3 is 3. The fourth-order valence-electron chi connectivity index (χ4n) is 8.41. The Morgan fingerprint density at radius 2 is 0.681 bits per heavy atom. The van der Waals surface area contributed by atoms with Gasteiger partial charge in [-0.3, -0.25) is 15.0 Å². The maximum atomic E-state index is 12.2. The van der Waals surface area contributed by atoms with Crippen molar-refractivity contribution in [1.82, 2.24) is 15.0 Å². The third-order valence-electron chi connectivity index (χ3n) is 12.9. The van der Waals surface area contributed by atoms with Crippen molar-refractivity contribution in [3.05, 3.63) is 127 Å². The molecule has 0 radical (unpaired) electrons. The van der Waals surface area contributed by atoms with E-state index in [4.69, 9.17) is 42.1 Å². The van der Waals surface area contributed by atoms with E-state index in [-0.39, 0.29) is 0 Å². The van der Waals surface area contributed by atoms with Crippen molar-refractivity contribution in [2.45, 2.75) is 96.6 Å². The fourth-order valence-corrected chi connectivity index (χ4v) is 8.41. The molecule has 1 aliphatic rings. The third-order valence-corrected chi connectivity index (χ3v) is 12.9. The highest BCUT2D eigenvalue weighted by atomic mass is 16.7. The molecule has 1 aliphatic heterocycles. The first-order valence-electron chi connectivity index (χ1n) is 24.7. The number of pyridine rings is 3. The third kappa shape index (κ3) is 12.7. The minimum Gasteiger partial charge on any atom is -0.493 e. The summed E-state index contributed by atoms with van der Waals surface area (Å²) in [6.07, 6.45) is 12.8. The Morgan fingerprint density at radius 3 is 0.931 bits per heavy atom. The van der Waals surface area contributed by atoms with E-state index in [2.05, 4.69) is 15.0 Å². The van der Waals surface area contributed by atoms with Crippen LogP contribution in [0.5, 0.6) is 34.5 Å². The molecule has 6 aromatic rings. The SMILES string of the molecule is CCCOc1cc(-c2cncc(C(C)C(O)B3OB(C(O)C(C)c4cncc(-c5ccc(OC)c(OCCC)c5)c4)OB(C(O)C(C)c4cncc(-c5ccc(OC)c(OCCC)c5)c4)O3)c2)ccc1OC. The van der Waals surface area contributed by atoms with Gasteiger partial charge in [0.2, 0.25) is 0 Å². The smallest absolute Gasteiger partial charge is 0.461 e. The van der Waals surface area contributed by atoms with Gasteiger partial charge in [0.1, 0.15) is 0 Å². The zero-order chi connectivity index (χ0) is 51.3. The van der Waals surface area contributed by atoms with E-state index in [0.717, 1.165) is 52.6 Å². The Kier molecular flexibility index (Phi) is 19.0. The molecule has 3 aromatic carbocycles. The Balaban J connectivity index is 1.18. The molecule has 3 aromatic heterocycles. The van der Waals surface area contributed by atoms with Crippen LogP contribution in [0.1, 0.15) is 95.2 Å². The average molecular weight is 982 g/mol. The molecule has 0 amide bonds. The minimum atomic E-state index is -1.37. The summed E-state index contributed by atoms with van der Waals surface area (Å²) in [7, 11) is 0.684. The maximum absolute atomic E-state index is 12.2. The van der Waals surface area contributed by atoms with Crippen molar-refractivity contribution in [3.8, 4) is 67.9 Å². The molecule has 1 saturated heterocycles. The first-order valence-corrected chi connectivity index (χ1v) is 24.7. The lowest BCUT2D eigenvalue weighted by Crippen LogP contribution is -2.62. The lowest BCUT2D eigenvalue weighted by Gasteiger charge is -2.39. The highest BCUT2D eigenvalue weighted by Crippen LogP contribution is 2.38. The van der Waals surface area contributed by atoms with E-state index in [1.165, 1.54) is 0 Å². The molecule has 0 saturated carbocycles. The van der Waals surface area contributed by atoms with E-state index in [1.807, 2.05) is 114 Å². The van der Waals surface area contributed by atoms with E-state index >= 15 is 0 Å². The van der Waals surface area contributed by atoms with Crippen molar-refractivity contribution < 1.29 is 57.5 Å². The molecule has 0 spiro atoms. The number of aliphatic hydroxyl groups is 3. The molecule has 6 atom stereocenters. The summed E-state index contributed by atoms with van der Waals surface area (Å²) >= 11 is 0. The van der Waals surface area contributed by atoms with Crippen molar-refractivity contribution in [1.29, 1.82) is 0 Å². The molecule has 15 nitrogen and oxygen atoms in total. The van der Waals surface area contributed by atoms with Gasteiger partial charge in [0.05, 0.1) is 59.2 Å². The molecule has 0 aliphatic carbocycles. The van der Waals surface area contributed by atoms with Crippen LogP contribution in [-0.4, -0.2) is 111 Å². The number of nitrogens with zero attached hydrogens (tertiary/aromatic N) is 3. The molecule has 0 bridgehead atoms. The van der Waals surface area contributed by atoms with Gasteiger partial charge in [0.15, 0.2) is 34.5 Å². The predicted molar refractivity (Wildman–Crippen MR) is 280 cm³/mol. The quantitative estimate of drug-likeness (QED) is 0.0488. The van der Waals surface area contributed by atoms with Gasteiger partial charge in [-0.25, -0.2) is 0 Å². The van der Waals surface area contributed by atoms with Gasteiger partial charge >= 0.3 is 21.4 Å². The Morgan fingerprint density at radius 1 is 0.403 bits per heavy atom. The molecular formula is C54H66B3N3O12. The summed E-state index contributed by atoms with van der Waals surface area (Å²) in [5, 5.41) is 36.7. The van der Waals surface area contributed by atoms with Crippen LogP contribution in [0.4, 0.5) is 0 Å². The van der Waals surface area contributed by atoms with Gasteiger partial charge < -0.3 is 57.5 Å². The first kappa shape index (κ1) is 53.7. The lowest BCUT2D eigenvalue weighted by atomic mass is 9.57. The summed E-state index contributed by atoms with van der Waals surface area (Å²) in [5.74, 6) is 1.83. The van der Waals surface area contributed by atoms with Crippen LogP contribution in [0.3, 0.4) is 0 Å². The van der Waals surface area contributed by atoms with Gasteiger partial charge in [-0.1, -0.05) is 59.7 Å². The number of benzene rings is 3. The highest BCUT2D eigenvalue weighted by molar-refractivity contribution is 6.75. The topological polar surface area (TPSA) is 182 Å². The molecule has 3 N–H and O–H groups in total. The monoisotopic (exact) mass is 981 g/mol. The molecule has 4 heterocycles. The van der Waals surface area contributed by atoms with E-state index < -0.39 is 57.1 Å². The normalized spacial score (nSPS) is 15.2. The fraction of sp³-hybridized carbons (Fsp3) is 0.389. The van der Waals surface area contributed by atoms with Crippen molar-refractivity contribution >= 4 is 21.4 Å². The van der Waals surface area contributed by atoms with Gasteiger partial charge in [0.25, 0.3) is 0 Å². The Bertz CT molecular complexity index is 2410. The van der Waals surface area contributed by atoms with Crippen LogP contribution in [0.2, 0.25) is 0 Å². The van der Waals surface area contributed by atoms with Crippen LogP contribution in [0, 0.1) is 0 Å². The standard InChI is InChI=1S/C54H66B3N3O12/c1-10-19-67-49-25-37(13-16-46(49)64-7)43-22-40(28-58-31-43)34(4)52(61)55-70-56(53(62)35(5)41-23-44(32-59-29-41)38-14-17-47(65-8)50(26-38)68-20-11-2)72-57(71-55)54(63)36(6)42-24-45(33-60-30-42)39-15-18-48(66-9)51(27-39)69-21-12-3/h13-18,22-36,52-54,61-63H,10-12,19-21H2,1-9H3. The molecular weight excluding hydrogens is 915 g/mol. The van der Waals surface area contributed by atoms with Crippen LogP contribution in [0.25, 0.3) is 33.4 Å². The molecule has 378 valence electrons. The second-order valence-electron chi connectivity index (χ2n) is 18.0. The van der Waals surface area contributed by atoms with Crippen LogP contribution in [0.15, 0.2) is 110 Å². The summed E-state index contributed by atoms with van der Waals surface area (Å²) in [6, 6.07) is 18.9. The van der Waals surface area contributed by atoms with Crippen LogP contribution >= 0.6 is 0 Å². The second-order valence-corrected chi connectivity index (χ2v) is 18.0. The predicted octanol–water partition coefficient (Wildman–Crippen LogP) is 9.20. The number of rotatable bonds is 24. The average Bonchev–Trinajstić information content (AvgIpc) is 3.43. The van der Waals surface area contributed by atoms with Crippen molar-refractivity contribution in [3.63, 3.8) is 0 Å². The molecule has 1 fully saturated rings. The summed E-state index contributed by atoms with van der Waals surface area (Å²) < 4.78 is 53.8. The zero-order valence-electron chi connectivity index (χ0n) is 42.7. The maximum Gasteiger partial charge on any atom is 0.461 e. The van der Waals surface area contributed by atoms with E-state index in [9.17, 15) is 15.3 Å². The largest absolute Gasteiger partial charge is 0.493 e. The highest BCUT2D eigenvalue weighted by Gasteiger charge is 2.53. The molecule has 6 unspecified atom stereocenters. The summed E-state index contributed by atoms with van der Waals surface area (Å²) in [5.41, 5.74) is 6.98. The summed E-state index contributed by atoms with van der Waals surface area (Å²) in [6.45, 7) is 13.2. The number of hydrogen-bond donors (Lipinski definition) is 3. The molecule has 72 heavy (non-hydrogen) atoms. The molecule has 7 rings (SSSR count). The number of hydrogen-bond acceptors (Lipinski definition) is 15. The van der Waals surface area contributed by atoms with Gasteiger partial charge in [0, 0.05) is 71.6 Å². The number of aliphatic hydroxyl groups excluding tert-OH is 3. The van der Waals surface area contributed by atoms with Gasteiger partial charge in [-0.15, -0.1) is 0 Å².